The van der Waals surface area contributed by atoms with Gasteiger partial charge in [-0.3, -0.25) is 0 Å². The molecule has 0 unspecified atom stereocenters. The monoisotopic (exact) mass is 368 g/mol. The summed E-state index contributed by atoms with van der Waals surface area (Å²) in [6.45, 7) is 1.18. The minimum atomic E-state index is -0.222. The maximum Gasteiger partial charge on any atom is 0.321 e. The van der Waals surface area contributed by atoms with Gasteiger partial charge in [0.25, 0.3) is 0 Å². The van der Waals surface area contributed by atoms with Gasteiger partial charge in [-0.2, -0.15) is 0 Å². The van der Waals surface area contributed by atoms with E-state index in [2.05, 4.69) is 16.0 Å². The van der Waals surface area contributed by atoms with E-state index in [4.69, 9.17) is 4.74 Å². The lowest BCUT2D eigenvalue weighted by atomic mass is 10.1. The number of amides is 4. The molecule has 0 aliphatic carbocycles. The highest BCUT2D eigenvalue weighted by atomic mass is 16.5. The third kappa shape index (κ3) is 5.37. The maximum atomic E-state index is 12.4. The van der Waals surface area contributed by atoms with Crippen LogP contribution >= 0.6 is 0 Å². The molecule has 2 aromatic rings. The molecule has 7 nitrogen and oxygen atoms in total. The summed E-state index contributed by atoms with van der Waals surface area (Å²) in [5.41, 5.74) is 1.45. The number of urea groups is 2. The molecular weight excluding hydrogens is 344 g/mol. The fourth-order valence-electron chi connectivity index (χ4n) is 3.00. The van der Waals surface area contributed by atoms with Gasteiger partial charge in [-0.1, -0.05) is 24.3 Å². The van der Waals surface area contributed by atoms with Gasteiger partial charge in [0.15, 0.2) is 0 Å². The van der Waals surface area contributed by atoms with Gasteiger partial charge in [-0.05, 0) is 37.1 Å². The minimum Gasteiger partial charge on any atom is -0.497 e. The molecular formula is C20H24N4O3. The Bertz CT molecular complexity index is 774. The van der Waals surface area contributed by atoms with Crippen molar-refractivity contribution >= 4 is 23.4 Å². The summed E-state index contributed by atoms with van der Waals surface area (Å²) in [6.07, 6.45) is 1.43. The van der Waals surface area contributed by atoms with Crippen LogP contribution in [0.25, 0.3) is 0 Å². The normalized spacial score (nSPS) is 14.3. The molecule has 1 aliphatic rings. The van der Waals surface area contributed by atoms with E-state index in [9.17, 15) is 9.59 Å². The molecule has 4 amide bonds. The Morgan fingerprint density at radius 1 is 0.963 bits per heavy atom. The van der Waals surface area contributed by atoms with Gasteiger partial charge in [-0.25, -0.2) is 9.59 Å². The zero-order chi connectivity index (χ0) is 19.1. The van der Waals surface area contributed by atoms with Gasteiger partial charge >= 0.3 is 12.1 Å². The average Bonchev–Trinajstić information content (AvgIpc) is 2.69. The summed E-state index contributed by atoms with van der Waals surface area (Å²) < 4.78 is 5.16. The second-order valence-corrected chi connectivity index (χ2v) is 6.39. The third-order valence-electron chi connectivity index (χ3n) is 4.47. The molecule has 3 N–H and O–H groups in total. The number of nitrogens with zero attached hydrogens (tertiary/aromatic N) is 1. The van der Waals surface area contributed by atoms with Crippen LogP contribution in [0.2, 0.25) is 0 Å². The molecule has 0 saturated carbocycles. The van der Waals surface area contributed by atoms with Crippen molar-refractivity contribution in [3.8, 4) is 5.75 Å². The minimum absolute atomic E-state index is 0.0505. The quantitative estimate of drug-likeness (QED) is 0.772. The predicted octanol–water partition coefficient (Wildman–Crippen LogP) is 3.51. The SMILES string of the molecule is COc1cccc(NC(=O)N2CCC(NC(=O)Nc3ccccc3)CC2)c1. The number of para-hydroxylation sites is 1. The Hall–Kier alpha value is -3.22. The molecule has 1 saturated heterocycles. The molecule has 1 heterocycles. The molecule has 27 heavy (non-hydrogen) atoms. The summed E-state index contributed by atoms with van der Waals surface area (Å²) in [6, 6.07) is 16.3. The smallest absolute Gasteiger partial charge is 0.321 e. The van der Waals surface area contributed by atoms with Crippen molar-refractivity contribution in [2.24, 2.45) is 0 Å². The number of hydrogen-bond donors (Lipinski definition) is 3. The van der Waals surface area contributed by atoms with Crippen LogP contribution in [0.3, 0.4) is 0 Å². The van der Waals surface area contributed by atoms with Crippen LogP contribution in [-0.2, 0) is 0 Å². The van der Waals surface area contributed by atoms with E-state index < -0.39 is 0 Å². The van der Waals surface area contributed by atoms with E-state index >= 15 is 0 Å². The number of anilines is 2. The maximum absolute atomic E-state index is 12.4. The lowest BCUT2D eigenvalue weighted by Crippen LogP contribution is -2.48. The van der Waals surface area contributed by atoms with E-state index in [1.165, 1.54) is 0 Å². The second kappa shape index (κ2) is 8.93. The van der Waals surface area contributed by atoms with Crippen LogP contribution in [0.5, 0.6) is 5.75 Å². The number of ether oxygens (including phenoxy) is 1. The van der Waals surface area contributed by atoms with Gasteiger partial charge in [0.1, 0.15) is 5.75 Å². The van der Waals surface area contributed by atoms with E-state index in [1.54, 1.807) is 18.1 Å². The Morgan fingerprint density at radius 2 is 1.67 bits per heavy atom. The fourth-order valence-corrected chi connectivity index (χ4v) is 3.00. The number of rotatable bonds is 4. The number of likely N-dealkylation sites (tertiary alicyclic amines) is 1. The predicted molar refractivity (Wildman–Crippen MR) is 105 cm³/mol. The molecule has 2 aromatic carbocycles. The van der Waals surface area contributed by atoms with E-state index in [-0.39, 0.29) is 18.1 Å². The van der Waals surface area contributed by atoms with E-state index in [0.29, 0.717) is 37.4 Å². The van der Waals surface area contributed by atoms with Crippen molar-refractivity contribution < 1.29 is 14.3 Å². The third-order valence-corrected chi connectivity index (χ3v) is 4.47. The molecule has 1 aliphatic heterocycles. The molecule has 0 atom stereocenters. The highest BCUT2D eigenvalue weighted by Crippen LogP contribution is 2.18. The van der Waals surface area contributed by atoms with Crippen LogP contribution in [-0.4, -0.2) is 43.2 Å². The average molecular weight is 368 g/mol. The highest BCUT2D eigenvalue weighted by Gasteiger charge is 2.24. The Morgan fingerprint density at radius 3 is 2.37 bits per heavy atom. The van der Waals surface area contributed by atoms with E-state index in [1.807, 2.05) is 48.5 Å². The van der Waals surface area contributed by atoms with Gasteiger partial charge in [0.05, 0.1) is 7.11 Å². The van der Waals surface area contributed by atoms with Crippen LogP contribution in [0.1, 0.15) is 12.8 Å². The Labute approximate surface area is 158 Å². The van der Waals surface area contributed by atoms with Crippen molar-refractivity contribution in [2.75, 3.05) is 30.8 Å². The molecule has 0 radical (unpaired) electrons. The second-order valence-electron chi connectivity index (χ2n) is 6.39. The van der Waals surface area contributed by atoms with Crippen LogP contribution in [0.15, 0.2) is 54.6 Å². The first-order valence-electron chi connectivity index (χ1n) is 8.96. The van der Waals surface area contributed by atoms with Gasteiger partial charge in [0, 0.05) is 36.6 Å². The van der Waals surface area contributed by atoms with Gasteiger partial charge in [0.2, 0.25) is 0 Å². The topological polar surface area (TPSA) is 82.7 Å². The lowest BCUT2D eigenvalue weighted by molar-refractivity contribution is 0.189. The highest BCUT2D eigenvalue weighted by molar-refractivity contribution is 5.90. The zero-order valence-electron chi connectivity index (χ0n) is 15.3. The molecule has 1 fully saturated rings. The summed E-state index contributed by atoms with van der Waals surface area (Å²) in [5.74, 6) is 0.695. The number of carbonyl (C=O) groups excluding carboxylic acids is 2. The van der Waals surface area contributed by atoms with Gasteiger partial charge in [-0.15, -0.1) is 0 Å². The molecule has 0 bridgehead atoms. The van der Waals surface area contributed by atoms with E-state index in [0.717, 1.165) is 5.69 Å². The van der Waals surface area contributed by atoms with Gasteiger partial charge < -0.3 is 25.6 Å². The van der Waals surface area contributed by atoms with Crippen molar-refractivity contribution in [1.29, 1.82) is 0 Å². The standard InChI is InChI=1S/C20H24N4O3/c1-27-18-9-5-8-17(14-18)23-20(26)24-12-10-16(11-13-24)22-19(25)21-15-6-3-2-4-7-15/h2-9,14,16H,10-13H2,1H3,(H,23,26)(H2,21,22,25). The van der Waals surface area contributed by atoms with Crippen molar-refractivity contribution in [3.63, 3.8) is 0 Å². The molecule has 7 heteroatoms. The molecule has 3 rings (SSSR count). The number of benzene rings is 2. The Kier molecular flexibility index (Phi) is 6.14. The summed E-state index contributed by atoms with van der Waals surface area (Å²) in [4.78, 5) is 26.2. The number of methoxy groups -OCH3 is 1. The number of carbonyl (C=O) groups is 2. The van der Waals surface area contributed by atoms with Crippen LogP contribution in [0.4, 0.5) is 21.0 Å². The van der Waals surface area contributed by atoms with Crippen molar-refractivity contribution in [2.45, 2.75) is 18.9 Å². The molecule has 0 aromatic heterocycles. The largest absolute Gasteiger partial charge is 0.497 e. The lowest BCUT2D eigenvalue weighted by Gasteiger charge is -2.32. The first kappa shape index (κ1) is 18.6. The summed E-state index contributed by atoms with van der Waals surface area (Å²) in [5, 5.41) is 8.66. The van der Waals surface area contributed by atoms with Crippen molar-refractivity contribution in [3.05, 3.63) is 54.6 Å². The van der Waals surface area contributed by atoms with Crippen LogP contribution < -0.4 is 20.7 Å². The first-order valence-corrected chi connectivity index (χ1v) is 8.96. The molecule has 142 valence electrons. The van der Waals surface area contributed by atoms with Crippen LogP contribution in [0, 0.1) is 0 Å². The summed E-state index contributed by atoms with van der Waals surface area (Å²) in [7, 11) is 1.59. The Balaban J connectivity index is 1.44. The zero-order valence-corrected chi connectivity index (χ0v) is 15.3. The number of nitrogens with one attached hydrogen (secondary N) is 3. The fraction of sp³-hybridized carbons (Fsp3) is 0.300. The first-order chi connectivity index (χ1) is 13.1. The summed E-state index contributed by atoms with van der Waals surface area (Å²) >= 11 is 0. The number of piperidine rings is 1. The molecule has 0 spiro atoms. The number of hydrogen-bond acceptors (Lipinski definition) is 3. The van der Waals surface area contributed by atoms with Crippen molar-refractivity contribution in [1.82, 2.24) is 10.2 Å².